The highest BCUT2D eigenvalue weighted by atomic mass is 16.5. The Labute approximate surface area is 161 Å². The topological polar surface area (TPSA) is 63.6 Å². The number of hydrogen-bond acceptors (Lipinski definition) is 4. The van der Waals surface area contributed by atoms with Crippen LogP contribution in [0.5, 0.6) is 0 Å². The maximum absolute atomic E-state index is 13.4. The van der Waals surface area contributed by atoms with Crippen LogP contribution in [0.25, 0.3) is 0 Å². The van der Waals surface area contributed by atoms with Crippen LogP contribution in [0.15, 0.2) is 12.2 Å². The van der Waals surface area contributed by atoms with Crippen molar-refractivity contribution >= 4 is 12.1 Å². The largest absolute Gasteiger partial charge is 0.392 e. The molecule has 2 aliphatic heterocycles. The number of carbonyl (C=O) groups excluding carboxylic acids is 2. The molecule has 0 aromatic heterocycles. The molecule has 9 unspecified atom stereocenters. The van der Waals surface area contributed by atoms with E-state index in [4.69, 9.17) is 4.74 Å². The number of carbonyl (C=O) groups is 2. The molecule has 148 valence electrons. The highest BCUT2D eigenvalue weighted by Gasteiger charge is 2.76. The van der Waals surface area contributed by atoms with Crippen molar-refractivity contribution in [1.29, 1.82) is 0 Å². The highest BCUT2D eigenvalue weighted by molar-refractivity contribution is 6.02. The van der Waals surface area contributed by atoms with E-state index in [0.29, 0.717) is 12.0 Å². The molecule has 2 heterocycles. The van der Waals surface area contributed by atoms with Gasteiger partial charge in [-0.1, -0.05) is 20.4 Å². The van der Waals surface area contributed by atoms with E-state index in [1.54, 1.807) is 0 Å². The maximum Gasteiger partial charge on any atom is 0.167 e. The lowest BCUT2D eigenvalue weighted by Gasteiger charge is -2.73. The molecule has 27 heavy (non-hydrogen) atoms. The number of hydrogen-bond donors (Lipinski definition) is 1. The van der Waals surface area contributed by atoms with Crippen LogP contribution in [0, 0.1) is 34.5 Å². The summed E-state index contributed by atoms with van der Waals surface area (Å²) in [5.74, 6) is 0.698. The van der Waals surface area contributed by atoms with Crippen LogP contribution in [0.3, 0.4) is 0 Å². The van der Waals surface area contributed by atoms with Gasteiger partial charge >= 0.3 is 0 Å². The summed E-state index contributed by atoms with van der Waals surface area (Å²) in [6, 6.07) is 0. The fourth-order valence-electron chi connectivity index (χ4n) is 8.44. The molecule has 0 amide bonds. The number of ketones is 1. The van der Waals surface area contributed by atoms with Gasteiger partial charge in [-0.05, 0) is 81.1 Å². The van der Waals surface area contributed by atoms with Gasteiger partial charge in [-0.15, -0.1) is 0 Å². The summed E-state index contributed by atoms with van der Waals surface area (Å²) in [7, 11) is 0. The molecule has 6 aliphatic rings. The van der Waals surface area contributed by atoms with E-state index in [2.05, 4.69) is 27.4 Å². The molecule has 1 N–H and O–H groups in total. The van der Waals surface area contributed by atoms with Crippen LogP contribution < -0.4 is 0 Å². The van der Waals surface area contributed by atoms with Crippen molar-refractivity contribution < 1.29 is 19.4 Å². The van der Waals surface area contributed by atoms with E-state index in [0.717, 1.165) is 44.8 Å². The minimum atomic E-state index is -0.839. The molecule has 0 aromatic rings. The third kappa shape index (κ3) is 1.75. The summed E-state index contributed by atoms with van der Waals surface area (Å²) in [4.78, 5) is 26.0. The Morgan fingerprint density at radius 1 is 1.22 bits per heavy atom. The Balaban J connectivity index is 1.73. The molecule has 2 saturated heterocycles. The van der Waals surface area contributed by atoms with Crippen molar-refractivity contribution in [2.24, 2.45) is 34.5 Å². The molecule has 4 nitrogen and oxygen atoms in total. The first kappa shape index (κ1) is 18.1. The quantitative estimate of drug-likeness (QED) is 0.565. The summed E-state index contributed by atoms with van der Waals surface area (Å²) in [5.41, 5.74) is -1.64. The number of aliphatic hydroxyl groups excluding tert-OH is 1. The van der Waals surface area contributed by atoms with Gasteiger partial charge in [-0.25, -0.2) is 0 Å². The van der Waals surface area contributed by atoms with Crippen LogP contribution in [-0.2, 0) is 14.3 Å². The first-order valence-electron chi connectivity index (χ1n) is 10.7. The second-order valence-electron chi connectivity index (χ2n) is 10.6. The van der Waals surface area contributed by atoms with E-state index in [-0.39, 0.29) is 35.1 Å². The Morgan fingerprint density at radius 3 is 2.67 bits per heavy atom. The van der Waals surface area contributed by atoms with Gasteiger partial charge in [0.05, 0.1) is 17.1 Å². The number of fused-ring (bicyclic) bond motifs is 6. The van der Waals surface area contributed by atoms with Crippen molar-refractivity contribution in [2.45, 2.75) is 83.0 Å². The Bertz CT molecular complexity index is 745. The van der Waals surface area contributed by atoms with Crippen molar-refractivity contribution in [3.8, 4) is 0 Å². The normalized spacial score (nSPS) is 59.2. The molecule has 0 radical (unpaired) electrons. The zero-order valence-electron chi connectivity index (χ0n) is 16.8. The lowest BCUT2D eigenvalue weighted by Crippen LogP contribution is -2.77. The van der Waals surface area contributed by atoms with Gasteiger partial charge in [0.2, 0.25) is 0 Å². The van der Waals surface area contributed by atoms with Crippen LogP contribution in [0.4, 0.5) is 0 Å². The number of rotatable bonds is 1. The van der Waals surface area contributed by atoms with Gasteiger partial charge in [-0.2, -0.15) is 0 Å². The van der Waals surface area contributed by atoms with Crippen molar-refractivity contribution in [3.05, 3.63) is 12.2 Å². The molecule has 4 saturated carbocycles. The van der Waals surface area contributed by atoms with E-state index in [1.165, 1.54) is 0 Å². The summed E-state index contributed by atoms with van der Waals surface area (Å²) in [6.45, 7) is 10.7. The number of aldehydes is 1. The van der Waals surface area contributed by atoms with Gasteiger partial charge in [0.1, 0.15) is 5.60 Å². The van der Waals surface area contributed by atoms with Crippen molar-refractivity contribution in [1.82, 2.24) is 0 Å². The van der Waals surface area contributed by atoms with Gasteiger partial charge in [0.25, 0.3) is 0 Å². The number of allylic oxidation sites excluding steroid dienone is 1. The van der Waals surface area contributed by atoms with Crippen molar-refractivity contribution in [3.63, 3.8) is 0 Å². The van der Waals surface area contributed by atoms with Crippen LogP contribution in [-0.4, -0.2) is 34.5 Å². The van der Waals surface area contributed by atoms with Gasteiger partial charge in [0, 0.05) is 5.41 Å². The summed E-state index contributed by atoms with van der Waals surface area (Å²) < 4.78 is 6.70. The molecule has 0 aromatic carbocycles. The van der Waals surface area contributed by atoms with Gasteiger partial charge < -0.3 is 14.6 Å². The number of aliphatic hydroxyl groups is 1. The minimum absolute atomic E-state index is 0.00852. The molecule has 4 heteroatoms. The molecule has 1 spiro atoms. The predicted octanol–water partition coefficient (Wildman–Crippen LogP) is 3.46. The van der Waals surface area contributed by atoms with Crippen LogP contribution in [0.2, 0.25) is 0 Å². The second kappa shape index (κ2) is 5.13. The van der Waals surface area contributed by atoms with E-state index in [9.17, 15) is 14.7 Å². The SMILES string of the molecule is C=C1C(=O)C23CCC1CC2C1(C)C(CC3O)C(C)C2(C)CCCC1(C=O)O2. The third-order valence-electron chi connectivity index (χ3n) is 10.1. The number of ether oxygens (including phenoxy) is 1. The van der Waals surface area contributed by atoms with Crippen LogP contribution in [0.1, 0.15) is 65.7 Å². The summed E-state index contributed by atoms with van der Waals surface area (Å²) in [6.07, 6.45) is 6.20. The summed E-state index contributed by atoms with van der Waals surface area (Å²) in [5, 5.41) is 11.4. The monoisotopic (exact) mass is 372 g/mol. The number of Topliss-reactive ketones (excluding diaryl/α,β-unsaturated/α-hetero) is 1. The predicted molar refractivity (Wildman–Crippen MR) is 101 cm³/mol. The average Bonchev–Trinajstić information content (AvgIpc) is 2.66. The molecular formula is C23H32O4. The zero-order chi connectivity index (χ0) is 19.4. The first-order valence-corrected chi connectivity index (χ1v) is 10.7. The Hall–Kier alpha value is -1.00. The molecule has 4 bridgehead atoms. The average molecular weight is 373 g/mol. The highest BCUT2D eigenvalue weighted by Crippen LogP contribution is 2.73. The molecule has 6 fully saturated rings. The maximum atomic E-state index is 13.4. The van der Waals surface area contributed by atoms with Gasteiger partial charge in [-0.3, -0.25) is 4.79 Å². The molecular weight excluding hydrogens is 340 g/mol. The van der Waals surface area contributed by atoms with E-state index in [1.807, 2.05) is 0 Å². The fraction of sp³-hybridized carbons (Fsp3) is 0.826. The van der Waals surface area contributed by atoms with Crippen molar-refractivity contribution in [2.75, 3.05) is 0 Å². The van der Waals surface area contributed by atoms with Crippen LogP contribution >= 0.6 is 0 Å². The lowest BCUT2D eigenvalue weighted by atomic mass is 9.34. The lowest BCUT2D eigenvalue weighted by molar-refractivity contribution is -0.337. The third-order valence-corrected chi connectivity index (χ3v) is 10.1. The standard InChI is InChI=1S/C23H32O4/c1-13-15-6-9-23(19(13)26)17(10-15)21(4)16(11-18(23)25)14(2)20(3)7-5-8-22(21,12-24)27-20/h12,14-18,25H,1,5-11H2,2-4H3. The second-order valence-corrected chi connectivity index (χ2v) is 10.6. The molecule has 9 atom stereocenters. The van der Waals surface area contributed by atoms with Gasteiger partial charge in [0.15, 0.2) is 12.1 Å². The molecule has 4 aliphatic carbocycles. The summed E-state index contributed by atoms with van der Waals surface area (Å²) >= 11 is 0. The van der Waals surface area contributed by atoms with E-state index < -0.39 is 22.5 Å². The minimum Gasteiger partial charge on any atom is -0.392 e. The fourth-order valence-corrected chi connectivity index (χ4v) is 8.44. The smallest absolute Gasteiger partial charge is 0.167 e. The zero-order valence-corrected chi connectivity index (χ0v) is 16.8. The van der Waals surface area contributed by atoms with E-state index >= 15 is 0 Å². The Kier molecular flexibility index (Phi) is 3.43. The Morgan fingerprint density at radius 2 is 1.96 bits per heavy atom. The molecule has 6 rings (SSSR count). The first-order chi connectivity index (χ1) is 12.7.